The second-order valence-electron chi connectivity index (χ2n) is 6.76. The Balaban J connectivity index is 1.70. The van der Waals surface area contributed by atoms with E-state index >= 15 is 0 Å². The van der Waals surface area contributed by atoms with Crippen LogP contribution in [0.3, 0.4) is 0 Å². The highest BCUT2D eigenvalue weighted by atomic mass is 32.1. The summed E-state index contributed by atoms with van der Waals surface area (Å²) in [5, 5.41) is 19.4. The number of rotatable bonds is 8. The van der Waals surface area contributed by atoms with Crippen molar-refractivity contribution in [2.75, 3.05) is 26.0 Å². The first kappa shape index (κ1) is 18.3. The lowest BCUT2D eigenvalue weighted by atomic mass is 10.1. The summed E-state index contributed by atoms with van der Waals surface area (Å²) in [5.41, 5.74) is 0.720. The maximum Gasteiger partial charge on any atom is 0.293 e. The van der Waals surface area contributed by atoms with Gasteiger partial charge in [0.05, 0.1) is 30.4 Å². The third kappa shape index (κ3) is 4.39. The number of nitro groups is 1. The number of nitrogens with one attached hydrogen (secondary N) is 3. The van der Waals surface area contributed by atoms with Gasteiger partial charge in [0.2, 0.25) is 0 Å². The van der Waals surface area contributed by atoms with Crippen molar-refractivity contribution in [3.05, 3.63) is 56.3 Å². The predicted octanol–water partition coefficient (Wildman–Crippen LogP) is 1.85. The molecule has 1 aliphatic carbocycles. The first-order chi connectivity index (χ1) is 12.5. The van der Waals surface area contributed by atoms with E-state index in [0.717, 1.165) is 12.8 Å². The predicted molar refractivity (Wildman–Crippen MR) is 102 cm³/mol. The Morgan fingerprint density at radius 3 is 2.73 bits per heavy atom. The number of quaternary nitrogens is 1. The molecule has 8 heteroatoms. The average molecular weight is 375 g/mol. The number of anilines is 1. The zero-order valence-electron chi connectivity index (χ0n) is 14.8. The van der Waals surface area contributed by atoms with Gasteiger partial charge in [0, 0.05) is 17.7 Å². The first-order valence-corrected chi connectivity index (χ1v) is 9.50. The molecule has 0 bridgehead atoms. The lowest BCUT2D eigenvalue weighted by molar-refractivity contribution is -0.890. The average Bonchev–Trinajstić information content (AvgIpc) is 3.25. The van der Waals surface area contributed by atoms with Gasteiger partial charge in [-0.05, 0) is 36.4 Å². The zero-order valence-corrected chi connectivity index (χ0v) is 15.6. The largest absolute Gasteiger partial charge is 0.377 e. The normalized spacial score (nSPS) is 14.9. The highest BCUT2D eigenvalue weighted by Gasteiger charge is 2.26. The standard InChI is InChI=1S/C18H22N4O3S/c1-21(2)16(17-4-3-9-26-17)11-19-18(23)12-5-8-14(20-13-6-7-13)15(10-12)22(24)25/h3-5,8-10,13,16,20H,6-7,11H2,1-2H3,(H,19,23)/p+1/t16-/m0/s1. The monoisotopic (exact) mass is 375 g/mol. The van der Waals surface area contributed by atoms with Crippen molar-refractivity contribution in [3.8, 4) is 0 Å². The summed E-state index contributed by atoms with van der Waals surface area (Å²) in [4.78, 5) is 25.8. The highest BCUT2D eigenvalue weighted by Crippen LogP contribution is 2.31. The number of carbonyl (C=O) groups is 1. The number of hydrogen-bond donors (Lipinski definition) is 3. The summed E-state index contributed by atoms with van der Waals surface area (Å²) >= 11 is 1.66. The Hall–Kier alpha value is -2.45. The fourth-order valence-corrected chi connectivity index (χ4v) is 3.72. The van der Waals surface area contributed by atoms with Gasteiger partial charge in [-0.1, -0.05) is 6.07 Å². The number of benzene rings is 1. The summed E-state index contributed by atoms with van der Waals surface area (Å²) in [7, 11) is 4.08. The van der Waals surface area contributed by atoms with E-state index < -0.39 is 4.92 Å². The molecule has 1 aliphatic rings. The van der Waals surface area contributed by atoms with Crippen molar-refractivity contribution >= 4 is 28.6 Å². The van der Waals surface area contributed by atoms with Gasteiger partial charge >= 0.3 is 0 Å². The molecule has 1 aromatic heterocycles. The lowest BCUT2D eigenvalue weighted by Crippen LogP contribution is -3.06. The molecule has 1 aromatic carbocycles. The zero-order chi connectivity index (χ0) is 18.7. The van der Waals surface area contributed by atoms with Gasteiger partial charge in [-0.2, -0.15) is 0 Å². The Bertz CT molecular complexity index is 788. The van der Waals surface area contributed by atoms with Crippen LogP contribution in [0.4, 0.5) is 11.4 Å². The smallest absolute Gasteiger partial charge is 0.293 e. The summed E-state index contributed by atoms with van der Waals surface area (Å²) < 4.78 is 0. The number of likely N-dealkylation sites (N-methyl/N-ethyl adjacent to an activating group) is 1. The molecule has 0 saturated heterocycles. The number of amides is 1. The maximum absolute atomic E-state index is 12.5. The fraction of sp³-hybridized carbons (Fsp3) is 0.389. The van der Waals surface area contributed by atoms with Crippen molar-refractivity contribution in [3.63, 3.8) is 0 Å². The molecule has 0 radical (unpaired) electrons. The number of nitrogens with zero attached hydrogens (tertiary/aromatic N) is 1. The van der Waals surface area contributed by atoms with Gasteiger partial charge in [-0.15, -0.1) is 11.3 Å². The van der Waals surface area contributed by atoms with Gasteiger partial charge in [0.1, 0.15) is 11.7 Å². The van der Waals surface area contributed by atoms with Gasteiger partial charge < -0.3 is 15.5 Å². The van der Waals surface area contributed by atoms with E-state index in [2.05, 4.69) is 16.7 Å². The van der Waals surface area contributed by atoms with E-state index in [4.69, 9.17) is 0 Å². The molecule has 0 aliphatic heterocycles. The van der Waals surface area contributed by atoms with Crippen molar-refractivity contribution in [1.29, 1.82) is 0 Å². The van der Waals surface area contributed by atoms with Crippen LogP contribution in [-0.2, 0) is 0 Å². The molecule has 1 fully saturated rings. The van der Waals surface area contributed by atoms with Crippen molar-refractivity contribution in [2.24, 2.45) is 0 Å². The number of carbonyl (C=O) groups excluding carboxylic acids is 1. The SMILES string of the molecule is C[NH+](C)[C@@H](CNC(=O)c1ccc(NC2CC2)c([N+](=O)[O-])c1)c1cccs1. The third-order valence-electron chi connectivity index (χ3n) is 4.44. The molecule has 3 N–H and O–H groups in total. The molecular formula is C18H23N4O3S+. The minimum Gasteiger partial charge on any atom is -0.377 e. The Kier molecular flexibility index (Phi) is 5.53. The van der Waals surface area contributed by atoms with Crippen LogP contribution in [0.5, 0.6) is 0 Å². The topological polar surface area (TPSA) is 88.7 Å². The van der Waals surface area contributed by atoms with Crippen LogP contribution in [-0.4, -0.2) is 37.5 Å². The molecule has 138 valence electrons. The van der Waals surface area contributed by atoms with Crippen molar-refractivity contribution in [2.45, 2.75) is 24.9 Å². The molecule has 0 unspecified atom stereocenters. The molecule has 26 heavy (non-hydrogen) atoms. The summed E-state index contributed by atoms with van der Waals surface area (Å²) in [5.74, 6) is -0.297. The number of hydrogen-bond acceptors (Lipinski definition) is 5. The quantitative estimate of drug-likeness (QED) is 0.485. The van der Waals surface area contributed by atoms with E-state index in [-0.39, 0.29) is 17.6 Å². The van der Waals surface area contributed by atoms with Gasteiger partial charge in [-0.25, -0.2) is 0 Å². The van der Waals surface area contributed by atoms with Crippen LogP contribution in [0, 0.1) is 10.1 Å². The number of nitro benzene ring substituents is 1. The van der Waals surface area contributed by atoms with Gasteiger partial charge in [0.15, 0.2) is 0 Å². The second-order valence-corrected chi connectivity index (χ2v) is 7.74. The van der Waals surface area contributed by atoms with Crippen LogP contribution in [0.25, 0.3) is 0 Å². The molecule has 7 nitrogen and oxygen atoms in total. The van der Waals surface area contributed by atoms with Gasteiger partial charge in [0.25, 0.3) is 11.6 Å². The van der Waals surface area contributed by atoms with Crippen LogP contribution in [0.15, 0.2) is 35.7 Å². The van der Waals surface area contributed by atoms with E-state index in [0.29, 0.717) is 23.8 Å². The Labute approximate surface area is 156 Å². The summed E-state index contributed by atoms with van der Waals surface area (Å²) in [6, 6.07) is 9.11. The highest BCUT2D eigenvalue weighted by molar-refractivity contribution is 7.10. The Morgan fingerprint density at radius 2 is 2.15 bits per heavy atom. The molecule has 1 saturated carbocycles. The number of thiophene rings is 1. The first-order valence-electron chi connectivity index (χ1n) is 8.62. The molecule has 1 amide bonds. The molecule has 3 rings (SSSR count). The molecule has 2 aromatic rings. The van der Waals surface area contributed by atoms with Crippen LogP contribution in [0.2, 0.25) is 0 Å². The van der Waals surface area contributed by atoms with E-state index in [1.807, 2.05) is 25.5 Å². The van der Waals surface area contributed by atoms with Gasteiger partial charge in [-0.3, -0.25) is 14.9 Å². The second kappa shape index (κ2) is 7.84. The van der Waals surface area contributed by atoms with Crippen molar-refractivity contribution in [1.82, 2.24) is 5.32 Å². The van der Waals surface area contributed by atoms with Crippen LogP contribution < -0.4 is 15.5 Å². The van der Waals surface area contributed by atoms with E-state index in [1.165, 1.54) is 15.8 Å². The molecule has 1 atom stereocenters. The maximum atomic E-state index is 12.5. The molecule has 1 heterocycles. The minimum absolute atomic E-state index is 0.0578. The summed E-state index contributed by atoms with van der Waals surface area (Å²) in [6.07, 6.45) is 2.05. The van der Waals surface area contributed by atoms with E-state index in [9.17, 15) is 14.9 Å². The Morgan fingerprint density at radius 1 is 1.38 bits per heavy atom. The lowest BCUT2D eigenvalue weighted by Gasteiger charge is -2.20. The van der Waals surface area contributed by atoms with E-state index in [1.54, 1.807) is 23.5 Å². The molecule has 0 spiro atoms. The van der Waals surface area contributed by atoms with Crippen LogP contribution >= 0.6 is 11.3 Å². The van der Waals surface area contributed by atoms with Crippen LogP contribution in [0.1, 0.15) is 34.1 Å². The minimum atomic E-state index is -0.445. The fourth-order valence-electron chi connectivity index (χ4n) is 2.77. The van der Waals surface area contributed by atoms with Crippen molar-refractivity contribution < 1.29 is 14.6 Å². The molecular weight excluding hydrogens is 352 g/mol. The third-order valence-corrected chi connectivity index (χ3v) is 5.43. The summed E-state index contributed by atoms with van der Waals surface area (Å²) in [6.45, 7) is 0.470.